The highest BCUT2D eigenvalue weighted by atomic mass is 16.3. The molecule has 314 valence electrons. The topological polar surface area (TPSA) is 43.3 Å². The zero-order chi connectivity index (χ0) is 43.7. The Morgan fingerprint density at radius 2 is 0.750 bits per heavy atom. The van der Waals surface area contributed by atoms with E-state index in [1.54, 1.807) is 0 Å². The maximum absolute atomic E-state index is 6.66. The predicted molar refractivity (Wildman–Crippen MR) is 282 cm³/mol. The smallest absolute Gasteiger partial charge is 0.159 e. The van der Waals surface area contributed by atoms with E-state index >= 15 is 0 Å². The third-order valence-electron chi connectivity index (χ3n) is 15.9. The van der Waals surface area contributed by atoms with Gasteiger partial charge < -0.3 is 27.1 Å². The molecule has 0 aliphatic carbocycles. The lowest BCUT2D eigenvalue weighted by Crippen LogP contribution is -2.13. The van der Waals surface area contributed by atoms with Gasteiger partial charge >= 0.3 is 0 Å². The number of rotatable bonds is 2. The molecule has 0 spiro atoms. The first-order valence-electron chi connectivity index (χ1n) is 23.6. The maximum Gasteiger partial charge on any atom is 0.159 e. The number of fused-ring (bicyclic) bond motifs is 22. The minimum absolute atomic E-state index is 0.904. The van der Waals surface area contributed by atoms with Crippen molar-refractivity contribution in [2.45, 2.75) is 6.42 Å². The van der Waals surface area contributed by atoms with Crippen LogP contribution in [0.1, 0.15) is 5.56 Å². The largest absolute Gasteiger partial charge is 0.454 e. The first-order chi connectivity index (χ1) is 33.7. The van der Waals surface area contributed by atoms with Gasteiger partial charge in [-0.15, -0.1) is 0 Å². The van der Waals surface area contributed by atoms with E-state index in [4.69, 9.17) is 8.83 Å². The van der Waals surface area contributed by atoms with Gasteiger partial charge in [0.25, 0.3) is 0 Å². The van der Waals surface area contributed by atoms with Crippen LogP contribution >= 0.6 is 0 Å². The van der Waals surface area contributed by atoms with Crippen molar-refractivity contribution in [3.63, 3.8) is 0 Å². The van der Waals surface area contributed by atoms with Crippen LogP contribution < -0.4 is 4.90 Å². The van der Waals surface area contributed by atoms with Crippen LogP contribution in [0, 0.1) is 0 Å². The molecule has 0 fully saturated rings. The van der Waals surface area contributed by atoms with E-state index in [1.807, 2.05) is 6.07 Å². The molecule has 0 atom stereocenters. The van der Waals surface area contributed by atoms with Crippen molar-refractivity contribution in [3.8, 4) is 5.69 Å². The number of hydrogen-bond acceptors (Lipinski definition) is 3. The first-order valence-corrected chi connectivity index (χ1v) is 23.6. The van der Waals surface area contributed by atoms with Crippen molar-refractivity contribution < 1.29 is 8.83 Å². The van der Waals surface area contributed by atoms with E-state index in [0.29, 0.717) is 0 Å². The minimum Gasteiger partial charge on any atom is -0.454 e. The van der Waals surface area contributed by atoms with Gasteiger partial charge in [-0.3, -0.25) is 0 Å². The predicted octanol–water partition coefficient (Wildman–Crippen LogP) is 16.6. The fourth-order valence-corrected chi connectivity index (χ4v) is 13.2. The standard InChI is InChI=1S/C62H34N4O2/c1-4-20-48-34(11-1)43-29-54-45(30-53(43)64(48)50-22-10-19-42-36-13-3-6-24-58(36)68-62(42)50)38-15-8-17-40-47-31-55-46(32-56(47)66(54)60(38)40)39-16-7-14-37-44-28-51-33(27-52(44)65(55)59(37)39)25-26-63(51)49-21-9-18-41-35-12-2-5-23-57(35)67-61(41)49/h1-24,27-32H,25-26H2. The van der Waals surface area contributed by atoms with Gasteiger partial charge in [-0.1, -0.05) is 115 Å². The fourth-order valence-electron chi connectivity index (χ4n) is 13.2. The Bertz CT molecular complexity index is 5110. The van der Waals surface area contributed by atoms with Gasteiger partial charge in [0.1, 0.15) is 11.2 Å². The van der Waals surface area contributed by atoms with Crippen LogP contribution in [0.15, 0.2) is 191 Å². The molecule has 7 aromatic heterocycles. The maximum atomic E-state index is 6.66. The molecule has 0 saturated heterocycles. The summed E-state index contributed by atoms with van der Waals surface area (Å²) in [6.07, 6.45) is 0.972. The lowest BCUT2D eigenvalue weighted by Gasteiger charge is -2.20. The summed E-state index contributed by atoms with van der Waals surface area (Å²) in [6, 6.07) is 67.2. The molecule has 1 aliphatic rings. The summed E-state index contributed by atoms with van der Waals surface area (Å²) >= 11 is 0. The molecule has 0 bridgehead atoms. The van der Waals surface area contributed by atoms with Crippen molar-refractivity contribution in [1.29, 1.82) is 0 Å². The normalized spacial score (nSPS) is 13.7. The summed E-state index contributed by atoms with van der Waals surface area (Å²) < 4.78 is 20.8. The zero-order valence-corrected chi connectivity index (χ0v) is 36.3. The highest BCUT2D eigenvalue weighted by Gasteiger charge is 2.29. The summed E-state index contributed by atoms with van der Waals surface area (Å²) in [6.45, 7) is 0.909. The Kier molecular flexibility index (Phi) is 5.90. The Balaban J connectivity index is 0.879. The SMILES string of the molecule is c1ccc2c(c1)oc1c(N3CCc4cc5c(cc43)c3cccc4c6cc7c(cc6n5c34)c3cccc4c5cc6c(cc5n7c43)c3ccccc3n6-c3cccc4c3oc3ccccc34)cccc12. The van der Waals surface area contributed by atoms with E-state index < -0.39 is 0 Å². The second kappa shape index (κ2) is 11.7. The van der Waals surface area contributed by atoms with Gasteiger partial charge in [-0.05, 0) is 78.7 Å². The lowest BCUT2D eigenvalue weighted by molar-refractivity contribution is 0.666. The Morgan fingerprint density at radius 3 is 1.37 bits per heavy atom. The molecule has 6 heteroatoms. The molecule has 0 amide bonds. The molecule has 0 unspecified atom stereocenters. The molecule has 8 heterocycles. The molecule has 0 radical (unpaired) electrons. The molecule has 17 aromatic rings. The molecule has 1 aliphatic heterocycles. The van der Waals surface area contributed by atoms with E-state index in [9.17, 15) is 0 Å². The van der Waals surface area contributed by atoms with Gasteiger partial charge in [0.05, 0.1) is 55.5 Å². The van der Waals surface area contributed by atoms with Crippen LogP contribution in [0.2, 0.25) is 0 Å². The number of para-hydroxylation sites is 7. The molecular formula is C62H34N4O2. The fraction of sp³-hybridized carbons (Fsp3) is 0.0323. The van der Waals surface area contributed by atoms with Gasteiger partial charge in [0.2, 0.25) is 0 Å². The third kappa shape index (κ3) is 3.94. The number of furan rings is 2. The van der Waals surface area contributed by atoms with Crippen LogP contribution in [0.5, 0.6) is 0 Å². The van der Waals surface area contributed by atoms with E-state index in [1.165, 1.54) is 104 Å². The summed E-state index contributed by atoms with van der Waals surface area (Å²) in [5.41, 5.74) is 18.4. The summed E-state index contributed by atoms with van der Waals surface area (Å²) in [5.74, 6) is 0. The Morgan fingerprint density at radius 1 is 0.309 bits per heavy atom. The average Bonchev–Trinajstić information content (AvgIpc) is 4.27. The zero-order valence-electron chi connectivity index (χ0n) is 36.3. The van der Waals surface area contributed by atoms with Crippen molar-refractivity contribution in [2.75, 3.05) is 11.4 Å². The Labute approximate surface area is 384 Å². The number of aromatic nitrogens is 3. The third-order valence-corrected chi connectivity index (χ3v) is 15.9. The Hall–Kier alpha value is -9.00. The summed E-state index contributed by atoms with van der Waals surface area (Å²) in [4.78, 5) is 2.48. The molecule has 10 aromatic carbocycles. The number of nitrogens with zero attached hydrogens (tertiary/aromatic N) is 4. The minimum atomic E-state index is 0.904. The second-order valence-electron chi connectivity index (χ2n) is 19.1. The summed E-state index contributed by atoms with van der Waals surface area (Å²) in [7, 11) is 0. The van der Waals surface area contributed by atoms with Gasteiger partial charge in [0, 0.05) is 87.6 Å². The van der Waals surface area contributed by atoms with Crippen molar-refractivity contribution in [2.24, 2.45) is 0 Å². The molecule has 68 heavy (non-hydrogen) atoms. The highest BCUT2D eigenvalue weighted by molar-refractivity contribution is 6.30. The van der Waals surface area contributed by atoms with Crippen LogP contribution in [-0.4, -0.2) is 19.9 Å². The number of hydrogen-bond donors (Lipinski definition) is 0. The molecular weight excluding hydrogens is 833 g/mol. The van der Waals surface area contributed by atoms with Crippen molar-refractivity contribution in [3.05, 3.63) is 188 Å². The second-order valence-corrected chi connectivity index (χ2v) is 19.1. The first kappa shape index (κ1) is 34.4. The van der Waals surface area contributed by atoms with Crippen LogP contribution in [0.25, 0.3) is 148 Å². The molecule has 6 nitrogen and oxygen atoms in total. The average molecular weight is 867 g/mol. The number of benzene rings is 10. The number of anilines is 2. The van der Waals surface area contributed by atoms with Gasteiger partial charge in [-0.25, -0.2) is 0 Å². The van der Waals surface area contributed by atoms with Crippen LogP contribution in [0.4, 0.5) is 11.4 Å². The van der Waals surface area contributed by atoms with E-state index in [-0.39, 0.29) is 0 Å². The van der Waals surface area contributed by atoms with Crippen molar-refractivity contribution >= 4 is 153 Å². The molecule has 18 rings (SSSR count). The van der Waals surface area contributed by atoms with E-state index in [2.05, 4.69) is 194 Å². The van der Waals surface area contributed by atoms with Gasteiger partial charge in [-0.2, -0.15) is 0 Å². The van der Waals surface area contributed by atoms with Crippen LogP contribution in [-0.2, 0) is 6.42 Å². The lowest BCUT2D eigenvalue weighted by atomic mass is 10.0. The highest BCUT2D eigenvalue weighted by Crippen LogP contribution is 2.49. The molecule has 0 saturated carbocycles. The van der Waals surface area contributed by atoms with E-state index in [0.717, 1.165) is 73.7 Å². The monoisotopic (exact) mass is 866 g/mol. The quantitative estimate of drug-likeness (QED) is 0.174. The molecule has 0 N–H and O–H groups in total. The van der Waals surface area contributed by atoms with Crippen molar-refractivity contribution in [1.82, 2.24) is 13.4 Å². The van der Waals surface area contributed by atoms with Crippen LogP contribution in [0.3, 0.4) is 0 Å². The summed E-state index contributed by atoms with van der Waals surface area (Å²) in [5, 5.41) is 17.3. The van der Waals surface area contributed by atoms with Gasteiger partial charge in [0.15, 0.2) is 11.2 Å².